The molecule has 29 heavy (non-hydrogen) atoms. The lowest BCUT2D eigenvalue weighted by Crippen LogP contribution is -2.53. The molecule has 1 aromatic carbocycles. The van der Waals surface area contributed by atoms with Gasteiger partial charge < -0.3 is 9.80 Å². The Bertz CT molecular complexity index is 851. The number of anilines is 1. The molecule has 3 heterocycles. The quantitative estimate of drug-likeness (QED) is 0.776. The summed E-state index contributed by atoms with van der Waals surface area (Å²) in [6.07, 6.45) is 3.62. The fraction of sp³-hybridized carbons (Fsp3) is 0.409. The van der Waals surface area contributed by atoms with E-state index in [1.807, 2.05) is 28.1 Å². The van der Waals surface area contributed by atoms with E-state index in [0.29, 0.717) is 36.8 Å². The number of nitrogens with zero attached hydrogens (tertiary/aromatic N) is 3. The molecule has 0 aliphatic carbocycles. The van der Waals surface area contributed by atoms with Crippen LogP contribution in [0.4, 0.5) is 5.82 Å². The van der Waals surface area contributed by atoms with Crippen LogP contribution in [-0.4, -0.2) is 60.9 Å². The SMILES string of the molecule is O=C(c1ccc(Cl)cc1)N1CCC[C@H](C(=O)N2CCN(c3cccc[nH+]3)CC2)C1. The summed E-state index contributed by atoms with van der Waals surface area (Å²) >= 11 is 5.92. The molecule has 6 nitrogen and oxygen atoms in total. The topological polar surface area (TPSA) is 58.0 Å². The molecule has 2 aliphatic rings. The largest absolute Gasteiger partial charge is 0.338 e. The Hall–Kier alpha value is -2.60. The van der Waals surface area contributed by atoms with Crippen LogP contribution in [0.2, 0.25) is 5.02 Å². The van der Waals surface area contributed by atoms with Crippen molar-refractivity contribution in [2.45, 2.75) is 12.8 Å². The number of hydrogen-bond acceptors (Lipinski definition) is 3. The third-order valence-electron chi connectivity index (χ3n) is 5.77. The van der Waals surface area contributed by atoms with Gasteiger partial charge in [-0.3, -0.25) is 14.5 Å². The van der Waals surface area contributed by atoms with Crippen molar-refractivity contribution in [3.05, 3.63) is 59.2 Å². The van der Waals surface area contributed by atoms with Gasteiger partial charge >= 0.3 is 0 Å². The van der Waals surface area contributed by atoms with Gasteiger partial charge in [0.2, 0.25) is 5.91 Å². The van der Waals surface area contributed by atoms with Crippen LogP contribution in [0.1, 0.15) is 23.2 Å². The van der Waals surface area contributed by atoms with Crippen molar-refractivity contribution in [1.29, 1.82) is 0 Å². The molecule has 7 heteroatoms. The van der Waals surface area contributed by atoms with E-state index in [0.717, 1.165) is 31.7 Å². The van der Waals surface area contributed by atoms with E-state index in [1.54, 1.807) is 24.3 Å². The smallest absolute Gasteiger partial charge is 0.274 e. The third-order valence-corrected chi connectivity index (χ3v) is 6.03. The molecule has 0 spiro atoms. The van der Waals surface area contributed by atoms with E-state index >= 15 is 0 Å². The first-order chi connectivity index (χ1) is 14.1. The fourth-order valence-corrected chi connectivity index (χ4v) is 4.27. The molecular weight excluding hydrogens is 388 g/mol. The minimum absolute atomic E-state index is 0.0244. The minimum atomic E-state index is -0.116. The molecule has 1 N–H and O–H groups in total. The lowest BCUT2D eigenvalue weighted by Gasteiger charge is -2.37. The molecule has 1 aromatic heterocycles. The van der Waals surface area contributed by atoms with Crippen LogP contribution in [0.5, 0.6) is 0 Å². The highest BCUT2D eigenvalue weighted by Crippen LogP contribution is 2.22. The number of H-pyrrole nitrogens is 1. The number of carbonyl (C=O) groups excluding carboxylic acids is 2. The number of amides is 2. The molecule has 2 saturated heterocycles. The van der Waals surface area contributed by atoms with Crippen molar-refractivity contribution >= 4 is 29.2 Å². The first kappa shape index (κ1) is 19.7. The summed E-state index contributed by atoms with van der Waals surface area (Å²) in [4.78, 5) is 35.2. The average molecular weight is 414 g/mol. The van der Waals surface area contributed by atoms with Gasteiger partial charge in [-0.05, 0) is 43.2 Å². The normalized spacial score (nSPS) is 19.9. The molecule has 2 fully saturated rings. The summed E-state index contributed by atoms with van der Waals surface area (Å²) in [7, 11) is 0. The van der Waals surface area contributed by atoms with Crippen molar-refractivity contribution in [1.82, 2.24) is 9.80 Å². The van der Waals surface area contributed by atoms with Crippen LogP contribution in [-0.2, 0) is 4.79 Å². The van der Waals surface area contributed by atoms with Gasteiger partial charge in [0.05, 0.1) is 25.2 Å². The number of rotatable bonds is 3. The van der Waals surface area contributed by atoms with Crippen molar-refractivity contribution in [2.24, 2.45) is 5.92 Å². The molecular formula is C22H26ClN4O2+. The summed E-state index contributed by atoms with van der Waals surface area (Å²) in [6.45, 7) is 4.24. The molecule has 4 rings (SSSR count). The number of likely N-dealkylation sites (tertiary alicyclic amines) is 1. The minimum Gasteiger partial charge on any atom is -0.338 e. The van der Waals surface area contributed by atoms with Crippen molar-refractivity contribution in [2.75, 3.05) is 44.2 Å². The second-order valence-electron chi connectivity index (χ2n) is 7.66. The molecule has 2 aliphatic heterocycles. The summed E-state index contributed by atoms with van der Waals surface area (Å²) in [5.41, 5.74) is 0.621. The van der Waals surface area contributed by atoms with Crippen LogP contribution in [0, 0.1) is 5.92 Å². The molecule has 2 amide bonds. The van der Waals surface area contributed by atoms with Gasteiger partial charge in [-0.25, -0.2) is 4.98 Å². The number of aromatic nitrogens is 1. The average Bonchev–Trinajstić information content (AvgIpc) is 2.79. The molecule has 152 valence electrons. The van der Waals surface area contributed by atoms with Gasteiger partial charge in [-0.15, -0.1) is 0 Å². The second kappa shape index (κ2) is 8.82. The van der Waals surface area contributed by atoms with E-state index < -0.39 is 0 Å². The van der Waals surface area contributed by atoms with Gasteiger partial charge in [0.15, 0.2) is 0 Å². The monoisotopic (exact) mass is 413 g/mol. The zero-order valence-electron chi connectivity index (χ0n) is 16.4. The Morgan fingerprint density at radius 2 is 1.69 bits per heavy atom. The predicted molar refractivity (Wildman–Crippen MR) is 112 cm³/mol. The van der Waals surface area contributed by atoms with Gasteiger partial charge in [0.1, 0.15) is 13.1 Å². The number of aromatic amines is 1. The van der Waals surface area contributed by atoms with Crippen LogP contribution in [0.15, 0.2) is 48.7 Å². The number of halogens is 1. The van der Waals surface area contributed by atoms with Gasteiger partial charge in [0.25, 0.3) is 11.7 Å². The first-order valence-electron chi connectivity index (χ1n) is 10.2. The zero-order valence-corrected chi connectivity index (χ0v) is 17.1. The highest BCUT2D eigenvalue weighted by atomic mass is 35.5. The lowest BCUT2D eigenvalue weighted by molar-refractivity contribution is -0.364. The Balaban J connectivity index is 1.34. The number of hydrogen-bond donors (Lipinski definition) is 0. The van der Waals surface area contributed by atoms with Gasteiger partial charge in [-0.1, -0.05) is 17.7 Å². The van der Waals surface area contributed by atoms with Crippen molar-refractivity contribution in [3.8, 4) is 0 Å². The number of pyridine rings is 1. The van der Waals surface area contributed by atoms with Crippen LogP contribution >= 0.6 is 11.6 Å². The lowest BCUT2D eigenvalue weighted by atomic mass is 9.95. The van der Waals surface area contributed by atoms with Crippen LogP contribution in [0.3, 0.4) is 0 Å². The third kappa shape index (κ3) is 4.53. The Kier molecular flexibility index (Phi) is 6.00. The standard InChI is InChI=1S/C22H25ClN4O2/c23-19-8-6-17(7-9-19)21(28)27-11-3-4-18(16-27)22(29)26-14-12-25(13-15-26)20-5-1-2-10-24-20/h1-2,5-10,18H,3-4,11-16H2/p+1/t18-/m0/s1. The highest BCUT2D eigenvalue weighted by molar-refractivity contribution is 6.30. The van der Waals surface area contributed by atoms with E-state index in [1.165, 1.54) is 0 Å². The number of benzene rings is 1. The molecule has 1 atom stereocenters. The Morgan fingerprint density at radius 1 is 0.931 bits per heavy atom. The summed E-state index contributed by atoms with van der Waals surface area (Å²) in [6, 6.07) is 13.0. The molecule has 0 radical (unpaired) electrons. The van der Waals surface area contributed by atoms with Crippen molar-refractivity contribution in [3.63, 3.8) is 0 Å². The highest BCUT2D eigenvalue weighted by Gasteiger charge is 2.34. The maximum atomic E-state index is 13.1. The second-order valence-corrected chi connectivity index (χ2v) is 8.09. The molecule has 0 saturated carbocycles. The number of piperazine rings is 1. The zero-order chi connectivity index (χ0) is 20.2. The summed E-state index contributed by atoms with van der Waals surface area (Å²) in [5.74, 6) is 1.12. The van der Waals surface area contributed by atoms with Crippen molar-refractivity contribution < 1.29 is 14.6 Å². The van der Waals surface area contributed by atoms with Crippen LogP contribution < -0.4 is 9.88 Å². The van der Waals surface area contributed by atoms with Gasteiger partial charge in [-0.2, -0.15) is 0 Å². The molecule has 2 aromatic rings. The Labute approximate surface area is 176 Å². The first-order valence-corrected chi connectivity index (χ1v) is 10.5. The van der Waals surface area contributed by atoms with E-state index in [4.69, 9.17) is 11.6 Å². The number of piperidine rings is 1. The number of nitrogens with one attached hydrogen (secondary N) is 1. The molecule has 0 bridgehead atoms. The number of carbonyl (C=O) groups is 2. The summed E-state index contributed by atoms with van der Waals surface area (Å²) < 4.78 is 0. The summed E-state index contributed by atoms with van der Waals surface area (Å²) in [5, 5.41) is 0.612. The van der Waals surface area contributed by atoms with E-state index in [9.17, 15) is 9.59 Å². The Morgan fingerprint density at radius 3 is 2.38 bits per heavy atom. The van der Waals surface area contributed by atoms with Gasteiger partial charge in [0, 0.05) is 29.7 Å². The van der Waals surface area contributed by atoms with E-state index in [-0.39, 0.29) is 17.7 Å². The molecule has 0 unspecified atom stereocenters. The maximum absolute atomic E-state index is 13.1. The predicted octanol–water partition coefficient (Wildman–Crippen LogP) is 2.36. The van der Waals surface area contributed by atoms with Crippen LogP contribution in [0.25, 0.3) is 0 Å². The fourth-order valence-electron chi connectivity index (χ4n) is 4.14. The maximum Gasteiger partial charge on any atom is 0.274 e. The van der Waals surface area contributed by atoms with E-state index in [2.05, 4.69) is 16.0 Å².